The second kappa shape index (κ2) is 9.98. The average molecular weight is 287 g/mol. The molecule has 116 valence electrons. The van der Waals surface area contributed by atoms with Crippen molar-refractivity contribution in [1.29, 1.82) is 0 Å². The molecule has 0 aromatic heterocycles. The van der Waals surface area contributed by atoms with Crippen LogP contribution in [0.4, 0.5) is 0 Å². The smallest absolute Gasteiger partial charge is 0.0945 e. The summed E-state index contributed by atoms with van der Waals surface area (Å²) in [6, 6.07) is 1.49. The highest BCUT2D eigenvalue weighted by atomic mass is 28.3. The molecule has 1 nitrogen and oxygen atoms in total. The molecule has 0 aliphatic carbocycles. The molecule has 19 heavy (non-hydrogen) atoms. The highest BCUT2D eigenvalue weighted by Gasteiger charge is 2.27. The minimum absolute atomic E-state index is 0.393. The molecule has 0 aliphatic rings. The zero-order valence-electron chi connectivity index (χ0n) is 14.5. The predicted octanol–water partition coefficient (Wildman–Crippen LogP) is 5.25. The zero-order chi connectivity index (χ0) is 14.8. The van der Waals surface area contributed by atoms with Crippen LogP contribution >= 0.6 is 0 Å². The Morgan fingerprint density at radius 3 is 1.68 bits per heavy atom. The van der Waals surface area contributed by atoms with Gasteiger partial charge in [0.05, 0.1) is 5.54 Å². The lowest BCUT2D eigenvalue weighted by Crippen LogP contribution is -2.72. The third kappa shape index (κ3) is 11.7. The van der Waals surface area contributed by atoms with Crippen LogP contribution in [0, 0.1) is 0 Å². The number of quaternary nitrogens is 1. The lowest BCUT2D eigenvalue weighted by Gasteiger charge is -2.26. The van der Waals surface area contributed by atoms with Gasteiger partial charge in [-0.15, -0.1) is 0 Å². The predicted molar refractivity (Wildman–Crippen MR) is 91.3 cm³/mol. The van der Waals surface area contributed by atoms with Crippen LogP contribution in [0.3, 0.4) is 0 Å². The second-order valence-electron chi connectivity index (χ2n) is 7.83. The number of hydrogen-bond donors (Lipinski definition) is 1. The summed E-state index contributed by atoms with van der Waals surface area (Å²) in [6.45, 7) is 12.1. The van der Waals surface area contributed by atoms with Crippen molar-refractivity contribution in [3.8, 4) is 0 Å². The Kier molecular flexibility index (Phi) is 10.1. The zero-order valence-corrected chi connectivity index (χ0v) is 15.5. The molecule has 0 aromatic rings. The molecule has 0 heterocycles. The van der Waals surface area contributed by atoms with E-state index in [1.807, 2.05) is 0 Å². The molecule has 0 rings (SSSR count). The number of unbranched alkanes of at least 4 members (excludes halogenated alkanes) is 4. The second-order valence-corrected chi connectivity index (χ2v) is 13.4. The lowest BCUT2D eigenvalue weighted by molar-refractivity contribution is -0.484. The van der Waals surface area contributed by atoms with Crippen molar-refractivity contribution >= 4 is 8.07 Å². The van der Waals surface area contributed by atoms with E-state index in [-0.39, 0.29) is 0 Å². The molecule has 0 aliphatic heterocycles. The van der Waals surface area contributed by atoms with E-state index in [2.05, 4.69) is 39.2 Å². The van der Waals surface area contributed by atoms with Gasteiger partial charge in [0.2, 0.25) is 0 Å². The fourth-order valence-electron chi connectivity index (χ4n) is 2.83. The summed E-state index contributed by atoms with van der Waals surface area (Å²) in [4.78, 5) is 0. The Hall–Kier alpha value is 0.177. The van der Waals surface area contributed by atoms with Crippen LogP contribution in [0.25, 0.3) is 0 Å². The first-order valence-electron chi connectivity index (χ1n) is 8.68. The molecule has 3 N–H and O–H groups in total. The summed E-state index contributed by atoms with van der Waals surface area (Å²) in [7, 11) is -0.831. The summed E-state index contributed by atoms with van der Waals surface area (Å²) >= 11 is 0. The summed E-state index contributed by atoms with van der Waals surface area (Å²) in [5.41, 5.74) is 5.02. The molecule has 2 heteroatoms. The van der Waals surface area contributed by atoms with Gasteiger partial charge in [-0.2, -0.15) is 0 Å². The van der Waals surface area contributed by atoms with Crippen LogP contribution < -0.4 is 5.73 Å². The van der Waals surface area contributed by atoms with Gasteiger partial charge in [-0.3, -0.25) is 0 Å². The van der Waals surface area contributed by atoms with Gasteiger partial charge in [0.25, 0.3) is 0 Å². The van der Waals surface area contributed by atoms with E-state index in [4.69, 9.17) is 0 Å². The van der Waals surface area contributed by atoms with Gasteiger partial charge in [-0.1, -0.05) is 65.2 Å². The van der Waals surface area contributed by atoms with Gasteiger partial charge in [0.1, 0.15) is 0 Å². The van der Waals surface area contributed by atoms with Gasteiger partial charge >= 0.3 is 0 Å². The summed E-state index contributed by atoms with van der Waals surface area (Å²) in [5, 5.41) is 0. The molecule has 0 bridgehead atoms. The monoisotopic (exact) mass is 286 g/mol. The highest BCUT2D eigenvalue weighted by molar-refractivity contribution is 6.76. The Balaban J connectivity index is 4.03. The maximum atomic E-state index is 4.62. The van der Waals surface area contributed by atoms with Gasteiger partial charge in [-0.25, -0.2) is 0 Å². The van der Waals surface area contributed by atoms with Gasteiger partial charge in [0, 0.05) is 27.3 Å². The molecule has 0 radical (unpaired) electrons. The van der Waals surface area contributed by atoms with Crippen LogP contribution in [-0.2, 0) is 0 Å². The van der Waals surface area contributed by atoms with E-state index in [1.54, 1.807) is 0 Å². The SMILES string of the molecule is CCCCCC([NH3+])(CCCC)CCCC[Si](C)(C)C. The first-order valence-corrected chi connectivity index (χ1v) is 12.4. The lowest BCUT2D eigenvalue weighted by atomic mass is 9.83. The minimum Gasteiger partial charge on any atom is -0.353 e. The van der Waals surface area contributed by atoms with Crippen LogP contribution in [0.2, 0.25) is 25.7 Å². The van der Waals surface area contributed by atoms with Crippen molar-refractivity contribution in [2.45, 2.75) is 109 Å². The maximum absolute atomic E-state index is 4.62. The van der Waals surface area contributed by atoms with Crippen LogP contribution in [0.1, 0.15) is 78.1 Å². The molecule has 0 aromatic carbocycles. The Labute approximate surface area is 123 Å². The van der Waals surface area contributed by atoms with E-state index in [1.165, 1.54) is 70.3 Å². The highest BCUT2D eigenvalue weighted by Crippen LogP contribution is 2.25. The molecule has 1 unspecified atom stereocenters. The quantitative estimate of drug-likeness (QED) is 0.375. The van der Waals surface area contributed by atoms with Gasteiger partial charge in [-0.05, 0) is 19.3 Å². The molecule has 0 spiro atoms. The van der Waals surface area contributed by atoms with Gasteiger partial charge in [0.15, 0.2) is 0 Å². The van der Waals surface area contributed by atoms with Crippen molar-refractivity contribution < 1.29 is 5.73 Å². The fraction of sp³-hybridized carbons (Fsp3) is 1.00. The first-order chi connectivity index (χ1) is 8.83. The van der Waals surface area contributed by atoms with Crippen LogP contribution in [0.15, 0.2) is 0 Å². The topological polar surface area (TPSA) is 27.6 Å². The number of hydrogen-bond acceptors (Lipinski definition) is 0. The Morgan fingerprint density at radius 1 is 0.737 bits per heavy atom. The van der Waals surface area contributed by atoms with E-state index < -0.39 is 8.07 Å². The summed E-state index contributed by atoms with van der Waals surface area (Å²) < 4.78 is 0. The van der Waals surface area contributed by atoms with Crippen molar-refractivity contribution in [3.05, 3.63) is 0 Å². The third-order valence-electron chi connectivity index (χ3n) is 4.26. The molecule has 0 fully saturated rings. The summed E-state index contributed by atoms with van der Waals surface area (Å²) in [6.07, 6.45) is 13.7. The van der Waals surface area contributed by atoms with Crippen molar-refractivity contribution in [2.24, 2.45) is 0 Å². The molecule has 1 atom stereocenters. The van der Waals surface area contributed by atoms with Crippen molar-refractivity contribution in [1.82, 2.24) is 0 Å². The fourth-order valence-corrected chi connectivity index (χ4v) is 4.14. The van der Waals surface area contributed by atoms with E-state index >= 15 is 0 Å². The molecule has 0 amide bonds. The average Bonchev–Trinajstić information content (AvgIpc) is 2.32. The minimum atomic E-state index is -0.831. The normalized spacial score (nSPS) is 15.5. The van der Waals surface area contributed by atoms with Crippen molar-refractivity contribution in [2.75, 3.05) is 0 Å². The molecular weight excluding hydrogens is 246 g/mol. The molecule has 0 saturated heterocycles. The largest absolute Gasteiger partial charge is 0.353 e. The summed E-state index contributed by atoms with van der Waals surface area (Å²) in [5.74, 6) is 0. The van der Waals surface area contributed by atoms with Gasteiger partial charge < -0.3 is 5.73 Å². The Morgan fingerprint density at radius 2 is 1.21 bits per heavy atom. The molecular formula is C17H40NSi+. The van der Waals surface area contributed by atoms with Crippen LogP contribution in [-0.4, -0.2) is 13.6 Å². The van der Waals surface area contributed by atoms with Crippen molar-refractivity contribution in [3.63, 3.8) is 0 Å². The standard InChI is InChI=1S/C17H39NSi/c1-6-8-10-14-17(18,13-9-7-2)15-11-12-16-19(3,4)5/h6-16,18H2,1-5H3/p+1. The maximum Gasteiger partial charge on any atom is 0.0945 e. The Bertz CT molecular complexity index is 210. The number of rotatable bonds is 12. The van der Waals surface area contributed by atoms with E-state index in [0.29, 0.717) is 5.54 Å². The van der Waals surface area contributed by atoms with E-state index in [0.717, 1.165) is 0 Å². The van der Waals surface area contributed by atoms with E-state index in [9.17, 15) is 0 Å². The van der Waals surface area contributed by atoms with Crippen LogP contribution in [0.5, 0.6) is 0 Å². The third-order valence-corrected chi connectivity index (χ3v) is 6.11. The molecule has 0 saturated carbocycles. The first kappa shape index (κ1) is 19.2.